The summed E-state index contributed by atoms with van der Waals surface area (Å²) in [7, 11) is -0.885. The molecular formula is C22H24N4O2S. The summed E-state index contributed by atoms with van der Waals surface area (Å²) in [6.07, 6.45) is 5.24. The van der Waals surface area contributed by atoms with Gasteiger partial charge in [-0.15, -0.1) is 0 Å². The van der Waals surface area contributed by atoms with Gasteiger partial charge >= 0.3 is 0 Å². The number of benzene rings is 1. The lowest BCUT2D eigenvalue weighted by Gasteiger charge is -2.21. The fourth-order valence-corrected chi connectivity index (χ4v) is 4.83. The molecule has 6 nitrogen and oxygen atoms in total. The molecule has 1 aliphatic heterocycles. The summed E-state index contributed by atoms with van der Waals surface area (Å²) in [4.78, 5) is 13.3. The number of anilines is 2. The van der Waals surface area contributed by atoms with Crippen LogP contribution in [-0.4, -0.2) is 37.6 Å². The van der Waals surface area contributed by atoms with Crippen molar-refractivity contribution in [1.29, 1.82) is 0 Å². The van der Waals surface area contributed by atoms with E-state index >= 15 is 0 Å². The van der Waals surface area contributed by atoms with E-state index in [4.69, 9.17) is 4.74 Å². The Kier molecular flexibility index (Phi) is 6.27. The predicted molar refractivity (Wildman–Crippen MR) is 115 cm³/mol. The second-order valence-corrected chi connectivity index (χ2v) is 8.84. The van der Waals surface area contributed by atoms with E-state index in [1.165, 1.54) is 0 Å². The van der Waals surface area contributed by atoms with Gasteiger partial charge in [-0.2, -0.15) is 0 Å². The van der Waals surface area contributed by atoms with Crippen LogP contribution < -0.4 is 5.32 Å². The Morgan fingerprint density at radius 1 is 1.14 bits per heavy atom. The number of aromatic nitrogens is 3. The molecule has 0 bridgehead atoms. The van der Waals surface area contributed by atoms with Crippen molar-refractivity contribution in [1.82, 2.24) is 15.0 Å². The molecule has 1 aromatic carbocycles. The number of hydrogen-bond donors (Lipinski definition) is 1. The lowest BCUT2D eigenvalue weighted by atomic mass is 10.2. The van der Waals surface area contributed by atoms with Crippen molar-refractivity contribution >= 4 is 22.3 Å². The highest BCUT2D eigenvalue weighted by molar-refractivity contribution is 7.84. The summed E-state index contributed by atoms with van der Waals surface area (Å²) in [6, 6.07) is 13.8. The number of hydrogen-bond acceptors (Lipinski definition) is 6. The fourth-order valence-electron chi connectivity index (χ4n) is 3.36. The number of nitrogens with zero attached hydrogens (tertiary/aromatic N) is 3. The Labute approximate surface area is 173 Å². The Bertz CT molecular complexity index is 991. The van der Waals surface area contributed by atoms with Crippen LogP contribution in [0.5, 0.6) is 0 Å². The number of ether oxygens (including phenoxy) is 1. The van der Waals surface area contributed by atoms with E-state index in [0.29, 0.717) is 24.8 Å². The number of aryl methyl sites for hydroxylation is 1. The van der Waals surface area contributed by atoms with Gasteiger partial charge in [0.05, 0.1) is 0 Å². The molecule has 0 saturated carbocycles. The smallest absolute Gasteiger partial charge is 0.163 e. The molecule has 29 heavy (non-hydrogen) atoms. The average molecular weight is 409 g/mol. The molecule has 4 rings (SSSR count). The Morgan fingerprint density at radius 2 is 2.00 bits per heavy atom. The molecule has 0 radical (unpaired) electrons. The van der Waals surface area contributed by atoms with E-state index in [1.807, 2.05) is 49.4 Å². The molecule has 0 spiro atoms. The molecule has 1 fully saturated rings. The lowest BCUT2D eigenvalue weighted by molar-refractivity contribution is 0.0992. The zero-order valence-electron chi connectivity index (χ0n) is 16.4. The van der Waals surface area contributed by atoms with E-state index in [-0.39, 0.29) is 5.25 Å². The molecule has 150 valence electrons. The normalized spacial score (nSPS) is 15.8. The highest BCUT2D eigenvalue weighted by Gasteiger charge is 2.20. The third-order valence-corrected chi connectivity index (χ3v) is 6.66. The van der Waals surface area contributed by atoms with Crippen LogP contribution >= 0.6 is 0 Å². The molecule has 1 unspecified atom stereocenters. The minimum absolute atomic E-state index is 0.229. The second-order valence-electron chi connectivity index (χ2n) is 7.12. The van der Waals surface area contributed by atoms with Crippen molar-refractivity contribution in [3.63, 3.8) is 0 Å². The molecule has 3 aromatic rings. The van der Waals surface area contributed by atoms with Crippen molar-refractivity contribution < 1.29 is 8.95 Å². The summed E-state index contributed by atoms with van der Waals surface area (Å²) < 4.78 is 18.1. The highest BCUT2D eigenvalue weighted by Crippen LogP contribution is 2.22. The predicted octanol–water partition coefficient (Wildman–Crippen LogP) is 4.02. The third-order valence-electron chi connectivity index (χ3n) is 4.82. The maximum Gasteiger partial charge on any atom is 0.163 e. The Hall–Kier alpha value is -2.64. The van der Waals surface area contributed by atoms with Crippen LogP contribution in [0.1, 0.15) is 24.1 Å². The number of nitrogens with one attached hydrogen (secondary N) is 1. The molecule has 0 aliphatic carbocycles. The SMILES string of the molecule is Cc1cc(Nc2cccc(CS(=O)C3CCOCC3)c2)nc(-c2cccnc2)n1. The Morgan fingerprint density at radius 3 is 2.79 bits per heavy atom. The van der Waals surface area contributed by atoms with Crippen LogP contribution in [0.2, 0.25) is 0 Å². The van der Waals surface area contributed by atoms with E-state index < -0.39 is 10.8 Å². The maximum absolute atomic E-state index is 12.7. The molecule has 0 amide bonds. The summed E-state index contributed by atoms with van der Waals surface area (Å²) in [5.74, 6) is 1.92. The van der Waals surface area contributed by atoms with E-state index in [9.17, 15) is 4.21 Å². The summed E-state index contributed by atoms with van der Waals surface area (Å²) in [5.41, 5.74) is 3.72. The van der Waals surface area contributed by atoms with Gasteiger partial charge in [0.15, 0.2) is 5.82 Å². The zero-order chi connectivity index (χ0) is 20.1. The van der Waals surface area contributed by atoms with Crippen molar-refractivity contribution in [2.75, 3.05) is 18.5 Å². The van der Waals surface area contributed by atoms with Gasteiger partial charge in [-0.05, 0) is 49.6 Å². The van der Waals surface area contributed by atoms with Gasteiger partial charge in [0, 0.05) is 70.4 Å². The number of pyridine rings is 1. The first kappa shape index (κ1) is 19.7. The molecule has 2 aromatic heterocycles. The van der Waals surface area contributed by atoms with Gasteiger partial charge in [0.2, 0.25) is 0 Å². The first-order valence-electron chi connectivity index (χ1n) is 9.74. The van der Waals surface area contributed by atoms with Crippen LogP contribution in [0.4, 0.5) is 11.5 Å². The minimum Gasteiger partial charge on any atom is -0.381 e. The minimum atomic E-state index is -0.885. The van der Waals surface area contributed by atoms with E-state index in [1.54, 1.807) is 12.4 Å². The van der Waals surface area contributed by atoms with Gasteiger partial charge in [0.1, 0.15) is 5.82 Å². The van der Waals surface area contributed by atoms with Crippen LogP contribution in [0, 0.1) is 6.92 Å². The molecule has 1 N–H and O–H groups in total. The monoisotopic (exact) mass is 408 g/mol. The van der Waals surface area contributed by atoms with Crippen LogP contribution in [0.15, 0.2) is 54.9 Å². The van der Waals surface area contributed by atoms with Gasteiger partial charge in [-0.25, -0.2) is 9.97 Å². The first-order chi connectivity index (χ1) is 14.2. The molecule has 1 atom stereocenters. The van der Waals surface area contributed by atoms with Crippen molar-refractivity contribution in [2.45, 2.75) is 30.8 Å². The molecule has 1 saturated heterocycles. The zero-order valence-corrected chi connectivity index (χ0v) is 17.2. The Balaban J connectivity index is 1.49. The maximum atomic E-state index is 12.7. The van der Waals surface area contributed by atoms with Gasteiger partial charge < -0.3 is 10.1 Å². The van der Waals surface area contributed by atoms with Crippen LogP contribution in [0.3, 0.4) is 0 Å². The van der Waals surface area contributed by atoms with Crippen molar-refractivity contribution in [2.24, 2.45) is 0 Å². The summed E-state index contributed by atoms with van der Waals surface area (Å²) >= 11 is 0. The molecule has 7 heteroatoms. The van der Waals surface area contributed by atoms with Crippen molar-refractivity contribution in [3.8, 4) is 11.4 Å². The molecular weight excluding hydrogens is 384 g/mol. The van der Waals surface area contributed by atoms with E-state index in [2.05, 4.69) is 20.3 Å². The van der Waals surface area contributed by atoms with Crippen LogP contribution in [-0.2, 0) is 21.3 Å². The van der Waals surface area contributed by atoms with Crippen LogP contribution in [0.25, 0.3) is 11.4 Å². The third kappa shape index (κ3) is 5.25. The average Bonchev–Trinajstić information content (AvgIpc) is 2.75. The summed E-state index contributed by atoms with van der Waals surface area (Å²) in [5, 5.41) is 3.59. The first-order valence-corrected chi connectivity index (χ1v) is 11.1. The van der Waals surface area contributed by atoms with Gasteiger partial charge in [0.25, 0.3) is 0 Å². The van der Waals surface area contributed by atoms with Gasteiger partial charge in [-0.3, -0.25) is 9.19 Å². The topological polar surface area (TPSA) is 77.0 Å². The highest BCUT2D eigenvalue weighted by atomic mass is 32.2. The second kappa shape index (κ2) is 9.24. The largest absolute Gasteiger partial charge is 0.381 e. The van der Waals surface area contributed by atoms with E-state index in [0.717, 1.165) is 41.2 Å². The quantitative estimate of drug-likeness (QED) is 0.664. The lowest BCUT2D eigenvalue weighted by Crippen LogP contribution is -2.25. The standard InChI is InChI=1S/C22H24N4O2S/c1-16-12-21(26-22(24-16)18-5-3-9-23-14-18)25-19-6-2-4-17(13-19)15-29(27)20-7-10-28-11-8-20/h2-6,9,12-14,20H,7-8,10-11,15H2,1H3,(H,24,25,26). The van der Waals surface area contributed by atoms with Gasteiger partial charge in [-0.1, -0.05) is 12.1 Å². The fraction of sp³-hybridized carbons (Fsp3) is 0.318. The molecule has 3 heterocycles. The molecule has 1 aliphatic rings. The summed E-state index contributed by atoms with van der Waals surface area (Å²) in [6.45, 7) is 3.37. The van der Waals surface area contributed by atoms with Crippen molar-refractivity contribution in [3.05, 3.63) is 66.1 Å². The number of rotatable bonds is 6.